The molecule has 0 aliphatic heterocycles. The molecule has 1 aliphatic rings. The van der Waals surface area contributed by atoms with Gasteiger partial charge in [0.15, 0.2) is 0 Å². The highest BCUT2D eigenvalue weighted by atomic mass is 16.3. The standard InChI is InChI=1S/C22H25N3O/c1-16-24-19-12-8-11-18(17-9-4-2-5-10-17)20(19)21(25-16)23-15-22(26)13-6-3-7-14-22/h2,4-5,8-12,26H,3,6-7,13-15H2,1H3,(H,23,24,25). The van der Waals surface area contributed by atoms with Crippen LogP contribution in [-0.2, 0) is 0 Å². The van der Waals surface area contributed by atoms with Crippen LogP contribution in [0.15, 0.2) is 48.5 Å². The Morgan fingerprint density at radius 3 is 2.50 bits per heavy atom. The predicted molar refractivity (Wildman–Crippen MR) is 106 cm³/mol. The number of rotatable bonds is 4. The molecule has 0 spiro atoms. The van der Waals surface area contributed by atoms with E-state index < -0.39 is 5.60 Å². The molecule has 0 radical (unpaired) electrons. The van der Waals surface area contributed by atoms with Crippen LogP contribution in [-0.4, -0.2) is 27.2 Å². The van der Waals surface area contributed by atoms with E-state index in [1.807, 2.05) is 37.3 Å². The van der Waals surface area contributed by atoms with Gasteiger partial charge in [-0.05, 0) is 37.0 Å². The number of aromatic nitrogens is 2. The number of aryl methyl sites for hydroxylation is 1. The highest BCUT2D eigenvalue weighted by Gasteiger charge is 2.29. The van der Waals surface area contributed by atoms with Crippen molar-refractivity contribution in [1.29, 1.82) is 0 Å². The summed E-state index contributed by atoms with van der Waals surface area (Å²) in [6.07, 6.45) is 5.12. The summed E-state index contributed by atoms with van der Waals surface area (Å²) < 4.78 is 0. The topological polar surface area (TPSA) is 58.0 Å². The minimum Gasteiger partial charge on any atom is -0.388 e. The zero-order chi connectivity index (χ0) is 18.0. The molecule has 1 aromatic heterocycles. The first-order chi connectivity index (χ1) is 12.6. The van der Waals surface area contributed by atoms with Gasteiger partial charge in [0.1, 0.15) is 11.6 Å². The molecule has 3 aromatic rings. The van der Waals surface area contributed by atoms with Crippen LogP contribution in [0.1, 0.15) is 37.9 Å². The van der Waals surface area contributed by atoms with E-state index in [-0.39, 0.29) is 0 Å². The zero-order valence-corrected chi connectivity index (χ0v) is 15.2. The Balaban J connectivity index is 1.76. The van der Waals surface area contributed by atoms with Crippen LogP contribution >= 0.6 is 0 Å². The molecular weight excluding hydrogens is 322 g/mol. The van der Waals surface area contributed by atoms with E-state index in [9.17, 15) is 5.11 Å². The van der Waals surface area contributed by atoms with E-state index in [1.54, 1.807) is 0 Å². The summed E-state index contributed by atoms with van der Waals surface area (Å²) in [4.78, 5) is 9.29. The molecular formula is C22H25N3O. The summed E-state index contributed by atoms with van der Waals surface area (Å²) in [7, 11) is 0. The average molecular weight is 347 g/mol. The SMILES string of the molecule is Cc1nc(NCC2(O)CCCCC2)c2c(-c3ccccc3)cccc2n1. The molecule has 2 aromatic carbocycles. The molecule has 4 heteroatoms. The van der Waals surface area contributed by atoms with Crippen molar-refractivity contribution in [3.05, 3.63) is 54.4 Å². The van der Waals surface area contributed by atoms with Gasteiger partial charge in [0.05, 0.1) is 16.5 Å². The van der Waals surface area contributed by atoms with Crippen LogP contribution in [0.5, 0.6) is 0 Å². The van der Waals surface area contributed by atoms with Gasteiger partial charge >= 0.3 is 0 Å². The fourth-order valence-electron chi connectivity index (χ4n) is 3.92. The van der Waals surface area contributed by atoms with Crippen LogP contribution in [0.25, 0.3) is 22.0 Å². The van der Waals surface area contributed by atoms with Crippen molar-refractivity contribution < 1.29 is 5.11 Å². The number of anilines is 1. The molecule has 4 nitrogen and oxygen atoms in total. The molecule has 4 rings (SSSR count). The molecule has 1 heterocycles. The summed E-state index contributed by atoms with van der Waals surface area (Å²) in [6.45, 7) is 2.44. The fraction of sp³-hybridized carbons (Fsp3) is 0.364. The number of nitrogens with zero attached hydrogens (tertiary/aromatic N) is 2. The Bertz CT molecular complexity index is 902. The molecule has 0 unspecified atom stereocenters. The lowest BCUT2D eigenvalue weighted by atomic mass is 9.85. The lowest BCUT2D eigenvalue weighted by Crippen LogP contribution is -2.39. The molecule has 0 bridgehead atoms. The van der Waals surface area contributed by atoms with E-state index in [0.717, 1.165) is 59.4 Å². The first-order valence-corrected chi connectivity index (χ1v) is 9.44. The van der Waals surface area contributed by atoms with Crippen molar-refractivity contribution in [3.8, 4) is 11.1 Å². The Hall–Kier alpha value is -2.46. The Morgan fingerprint density at radius 1 is 0.962 bits per heavy atom. The van der Waals surface area contributed by atoms with Crippen molar-refractivity contribution in [2.75, 3.05) is 11.9 Å². The van der Waals surface area contributed by atoms with Crippen LogP contribution in [0, 0.1) is 6.92 Å². The van der Waals surface area contributed by atoms with Crippen LogP contribution in [0.2, 0.25) is 0 Å². The number of fused-ring (bicyclic) bond motifs is 1. The van der Waals surface area contributed by atoms with Crippen molar-refractivity contribution in [2.45, 2.75) is 44.6 Å². The van der Waals surface area contributed by atoms with Crippen LogP contribution < -0.4 is 5.32 Å². The third-order valence-corrected chi connectivity index (χ3v) is 5.29. The molecule has 0 saturated heterocycles. The van der Waals surface area contributed by atoms with E-state index in [2.05, 4.69) is 33.5 Å². The first-order valence-electron chi connectivity index (χ1n) is 9.44. The van der Waals surface area contributed by atoms with Gasteiger partial charge in [-0.25, -0.2) is 9.97 Å². The molecule has 1 fully saturated rings. The van der Waals surface area contributed by atoms with Crippen LogP contribution in [0.4, 0.5) is 5.82 Å². The van der Waals surface area contributed by atoms with Crippen molar-refractivity contribution in [3.63, 3.8) is 0 Å². The fourth-order valence-corrected chi connectivity index (χ4v) is 3.92. The molecule has 26 heavy (non-hydrogen) atoms. The molecule has 0 atom stereocenters. The maximum atomic E-state index is 10.9. The molecule has 1 aliphatic carbocycles. The summed E-state index contributed by atoms with van der Waals surface area (Å²) in [5, 5.41) is 15.3. The number of benzene rings is 2. The lowest BCUT2D eigenvalue weighted by molar-refractivity contribution is 0.0167. The van der Waals surface area contributed by atoms with Gasteiger partial charge in [-0.3, -0.25) is 0 Å². The summed E-state index contributed by atoms with van der Waals surface area (Å²) in [5.74, 6) is 1.55. The van der Waals surface area contributed by atoms with E-state index in [4.69, 9.17) is 0 Å². The van der Waals surface area contributed by atoms with E-state index in [1.165, 1.54) is 6.42 Å². The summed E-state index contributed by atoms with van der Waals surface area (Å²) in [5.41, 5.74) is 2.55. The zero-order valence-electron chi connectivity index (χ0n) is 15.2. The van der Waals surface area contributed by atoms with Gasteiger partial charge in [0, 0.05) is 6.54 Å². The smallest absolute Gasteiger partial charge is 0.138 e. The maximum Gasteiger partial charge on any atom is 0.138 e. The molecule has 0 amide bonds. The Morgan fingerprint density at radius 2 is 1.73 bits per heavy atom. The van der Waals surface area contributed by atoms with Gasteiger partial charge in [0.2, 0.25) is 0 Å². The number of aliphatic hydroxyl groups is 1. The second kappa shape index (κ2) is 7.04. The van der Waals surface area contributed by atoms with Gasteiger partial charge in [0.25, 0.3) is 0 Å². The largest absolute Gasteiger partial charge is 0.388 e. The second-order valence-corrected chi connectivity index (χ2v) is 7.32. The maximum absolute atomic E-state index is 10.9. The number of nitrogens with one attached hydrogen (secondary N) is 1. The molecule has 134 valence electrons. The van der Waals surface area contributed by atoms with Crippen molar-refractivity contribution in [1.82, 2.24) is 9.97 Å². The van der Waals surface area contributed by atoms with Crippen molar-refractivity contribution in [2.24, 2.45) is 0 Å². The average Bonchev–Trinajstić information content (AvgIpc) is 2.67. The predicted octanol–water partition coefficient (Wildman–Crippen LogP) is 4.71. The minimum atomic E-state index is -0.634. The van der Waals surface area contributed by atoms with Gasteiger partial charge < -0.3 is 10.4 Å². The normalized spacial score (nSPS) is 16.5. The third-order valence-electron chi connectivity index (χ3n) is 5.29. The highest BCUT2D eigenvalue weighted by Crippen LogP contribution is 2.33. The quantitative estimate of drug-likeness (QED) is 0.717. The lowest BCUT2D eigenvalue weighted by Gasteiger charge is -2.32. The summed E-state index contributed by atoms with van der Waals surface area (Å²) in [6, 6.07) is 16.5. The Labute approximate surface area is 154 Å². The molecule has 1 saturated carbocycles. The highest BCUT2D eigenvalue weighted by molar-refractivity contribution is 6.01. The Kier molecular flexibility index (Phi) is 4.60. The van der Waals surface area contributed by atoms with Crippen LogP contribution in [0.3, 0.4) is 0 Å². The molecule has 2 N–H and O–H groups in total. The second-order valence-electron chi connectivity index (χ2n) is 7.32. The van der Waals surface area contributed by atoms with Gasteiger partial charge in [-0.1, -0.05) is 61.7 Å². The van der Waals surface area contributed by atoms with Crippen molar-refractivity contribution >= 4 is 16.7 Å². The first kappa shape index (κ1) is 17.0. The number of hydrogen-bond acceptors (Lipinski definition) is 4. The van der Waals surface area contributed by atoms with E-state index in [0.29, 0.717) is 6.54 Å². The summed E-state index contributed by atoms with van der Waals surface area (Å²) >= 11 is 0. The monoisotopic (exact) mass is 347 g/mol. The number of hydrogen-bond donors (Lipinski definition) is 2. The van der Waals surface area contributed by atoms with Gasteiger partial charge in [-0.15, -0.1) is 0 Å². The minimum absolute atomic E-state index is 0.529. The van der Waals surface area contributed by atoms with E-state index >= 15 is 0 Å². The third kappa shape index (κ3) is 3.42. The van der Waals surface area contributed by atoms with Gasteiger partial charge in [-0.2, -0.15) is 0 Å².